The van der Waals surface area contributed by atoms with Gasteiger partial charge in [0.25, 0.3) is 0 Å². The Morgan fingerprint density at radius 2 is 2.12 bits per heavy atom. The van der Waals surface area contributed by atoms with Crippen molar-refractivity contribution in [1.29, 1.82) is 0 Å². The number of nitrogens with zero attached hydrogens (tertiary/aromatic N) is 2. The van der Waals surface area contributed by atoms with Gasteiger partial charge in [0.2, 0.25) is 0 Å². The standard InChI is InChI=1S/C12H19N3OS/c1-16-9-8-15(7-4-12(13)17)10-11-2-5-14-6-3-11/h2-3,5-6H,4,7-10H2,1H3,(H2,13,17). The van der Waals surface area contributed by atoms with E-state index in [1.807, 2.05) is 12.1 Å². The van der Waals surface area contributed by atoms with Crippen LogP contribution in [0.3, 0.4) is 0 Å². The van der Waals surface area contributed by atoms with Crippen LogP contribution >= 0.6 is 12.2 Å². The van der Waals surface area contributed by atoms with Gasteiger partial charge in [0.15, 0.2) is 0 Å². The lowest BCUT2D eigenvalue weighted by Crippen LogP contribution is -2.30. The molecule has 94 valence electrons. The van der Waals surface area contributed by atoms with E-state index in [0.29, 0.717) is 11.6 Å². The summed E-state index contributed by atoms with van der Waals surface area (Å²) < 4.78 is 5.10. The number of hydrogen-bond donors (Lipinski definition) is 1. The van der Waals surface area contributed by atoms with Gasteiger partial charge in [-0.25, -0.2) is 0 Å². The maximum Gasteiger partial charge on any atom is 0.0740 e. The van der Waals surface area contributed by atoms with E-state index in [1.165, 1.54) is 5.56 Å². The fourth-order valence-electron chi connectivity index (χ4n) is 1.51. The molecule has 0 aliphatic carbocycles. The highest BCUT2D eigenvalue weighted by atomic mass is 32.1. The fraction of sp³-hybridized carbons (Fsp3) is 0.500. The minimum Gasteiger partial charge on any atom is -0.393 e. The largest absolute Gasteiger partial charge is 0.393 e. The van der Waals surface area contributed by atoms with Gasteiger partial charge in [-0.1, -0.05) is 12.2 Å². The summed E-state index contributed by atoms with van der Waals surface area (Å²) in [6.45, 7) is 3.32. The van der Waals surface area contributed by atoms with Gasteiger partial charge in [0.05, 0.1) is 11.6 Å². The van der Waals surface area contributed by atoms with Gasteiger partial charge in [0, 0.05) is 45.6 Å². The van der Waals surface area contributed by atoms with Crippen molar-refractivity contribution < 1.29 is 4.74 Å². The van der Waals surface area contributed by atoms with Crippen molar-refractivity contribution in [3.63, 3.8) is 0 Å². The third kappa shape index (κ3) is 6.31. The molecular weight excluding hydrogens is 234 g/mol. The van der Waals surface area contributed by atoms with E-state index in [2.05, 4.69) is 9.88 Å². The summed E-state index contributed by atoms with van der Waals surface area (Å²) >= 11 is 4.90. The molecule has 0 radical (unpaired) electrons. The summed E-state index contributed by atoms with van der Waals surface area (Å²) in [4.78, 5) is 6.84. The number of pyridine rings is 1. The van der Waals surface area contributed by atoms with E-state index in [-0.39, 0.29) is 0 Å². The Hall–Kier alpha value is -1.04. The molecule has 0 aliphatic heterocycles. The predicted octanol–water partition coefficient (Wildman–Crippen LogP) is 1.21. The summed E-state index contributed by atoms with van der Waals surface area (Å²) in [5.41, 5.74) is 6.76. The van der Waals surface area contributed by atoms with Crippen molar-refractivity contribution in [1.82, 2.24) is 9.88 Å². The lowest BCUT2D eigenvalue weighted by atomic mass is 10.2. The predicted molar refractivity (Wildman–Crippen MR) is 72.8 cm³/mol. The summed E-state index contributed by atoms with van der Waals surface area (Å²) in [5.74, 6) is 0. The molecule has 1 aromatic rings. The van der Waals surface area contributed by atoms with Gasteiger partial charge in [0.1, 0.15) is 0 Å². The molecule has 0 saturated carbocycles. The highest BCUT2D eigenvalue weighted by Crippen LogP contribution is 2.04. The minimum absolute atomic E-state index is 0.558. The van der Waals surface area contributed by atoms with E-state index in [0.717, 1.165) is 26.1 Å². The van der Waals surface area contributed by atoms with Gasteiger partial charge >= 0.3 is 0 Å². The zero-order chi connectivity index (χ0) is 12.5. The molecule has 17 heavy (non-hydrogen) atoms. The molecule has 0 unspecified atom stereocenters. The first kappa shape index (κ1) is 14.0. The summed E-state index contributed by atoms with van der Waals surface area (Å²) in [6, 6.07) is 4.03. The van der Waals surface area contributed by atoms with Crippen LogP contribution in [0.1, 0.15) is 12.0 Å². The van der Waals surface area contributed by atoms with Crippen molar-refractivity contribution in [2.24, 2.45) is 5.73 Å². The molecule has 2 N–H and O–H groups in total. The first-order valence-electron chi connectivity index (χ1n) is 5.61. The molecule has 1 aromatic heterocycles. The summed E-state index contributed by atoms with van der Waals surface area (Å²) in [7, 11) is 1.71. The molecule has 0 aromatic carbocycles. The maximum atomic E-state index is 5.53. The van der Waals surface area contributed by atoms with Crippen LogP contribution < -0.4 is 5.73 Å². The van der Waals surface area contributed by atoms with E-state index in [1.54, 1.807) is 19.5 Å². The van der Waals surface area contributed by atoms with Gasteiger partial charge in [-0.05, 0) is 17.7 Å². The number of aromatic nitrogens is 1. The monoisotopic (exact) mass is 253 g/mol. The first-order chi connectivity index (χ1) is 8.22. The number of thiocarbonyl (C=S) groups is 1. The smallest absolute Gasteiger partial charge is 0.0740 e. The Bertz CT molecular complexity index is 332. The van der Waals surface area contributed by atoms with E-state index in [4.69, 9.17) is 22.7 Å². The topological polar surface area (TPSA) is 51.4 Å². The zero-order valence-electron chi connectivity index (χ0n) is 10.1. The first-order valence-corrected chi connectivity index (χ1v) is 6.01. The van der Waals surface area contributed by atoms with Crippen LogP contribution in [0.5, 0.6) is 0 Å². The molecule has 5 heteroatoms. The van der Waals surface area contributed by atoms with Gasteiger partial charge in [-0.15, -0.1) is 0 Å². The third-order valence-corrected chi connectivity index (χ3v) is 2.65. The quantitative estimate of drug-likeness (QED) is 0.706. The molecule has 0 fully saturated rings. The molecule has 0 atom stereocenters. The SMILES string of the molecule is COCCN(CCC(N)=S)Cc1ccncc1. The second-order valence-electron chi connectivity index (χ2n) is 3.84. The minimum atomic E-state index is 0.558. The molecule has 0 saturated heterocycles. The number of rotatable bonds is 8. The highest BCUT2D eigenvalue weighted by molar-refractivity contribution is 7.80. The Morgan fingerprint density at radius 3 is 2.71 bits per heavy atom. The van der Waals surface area contributed by atoms with Crippen molar-refractivity contribution in [2.75, 3.05) is 26.8 Å². The van der Waals surface area contributed by atoms with Crippen molar-refractivity contribution in [3.8, 4) is 0 Å². The molecule has 1 heterocycles. The van der Waals surface area contributed by atoms with Crippen molar-refractivity contribution in [2.45, 2.75) is 13.0 Å². The molecule has 4 nitrogen and oxygen atoms in total. The summed E-state index contributed by atoms with van der Waals surface area (Å²) in [6.07, 6.45) is 4.35. The number of hydrogen-bond acceptors (Lipinski definition) is 4. The second-order valence-corrected chi connectivity index (χ2v) is 4.37. The fourth-order valence-corrected chi connectivity index (χ4v) is 1.60. The van der Waals surface area contributed by atoms with E-state index in [9.17, 15) is 0 Å². The van der Waals surface area contributed by atoms with Crippen LogP contribution in [0, 0.1) is 0 Å². The number of methoxy groups -OCH3 is 1. The van der Waals surface area contributed by atoms with Crippen LogP contribution in [-0.2, 0) is 11.3 Å². The Labute approximate surface area is 108 Å². The lowest BCUT2D eigenvalue weighted by molar-refractivity contribution is 0.146. The molecule has 0 spiro atoms. The maximum absolute atomic E-state index is 5.53. The van der Waals surface area contributed by atoms with Gasteiger partial charge in [-0.2, -0.15) is 0 Å². The molecule has 1 rings (SSSR count). The average Bonchev–Trinajstić information content (AvgIpc) is 2.34. The second kappa shape index (κ2) is 8.11. The van der Waals surface area contributed by atoms with Crippen LogP contribution in [0.25, 0.3) is 0 Å². The number of ether oxygens (including phenoxy) is 1. The molecule has 0 amide bonds. The third-order valence-electron chi connectivity index (χ3n) is 2.44. The van der Waals surface area contributed by atoms with Crippen LogP contribution in [0.4, 0.5) is 0 Å². The van der Waals surface area contributed by atoms with Crippen LogP contribution in [-0.4, -0.2) is 41.7 Å². The Kier molecular flexibility index (Phi) is 6.69. The summed E-state index contributed by atoms with van der Waals surface area (Å²) in [5, 5.41) is 0. The Balaban J connectivity index is 2.47. The normalized spacial score (nSPS) is 10.7. The van der Waals surface area contributed by atoms with Gasteiger partial charge in [-0.3, -0.25) is 9.88 Å². The lowest BCUT2D eigenvalue weighted by Gasteiger charge is -2.21. The van der Waals surface area contributed by atoms with Crippen molar-refractivity contribution >= 4 is 17.2 Å². The number of nitrogens with two attached hydrogens (primary N) is 1. The van der Waals surface area contributed by atoms with Gasteiger partial charge < -0.3 is 10.5 Å². The highest BCUT2D eigenvalue weighted by Gasteiger charge is 2.06. The molecular formula is C12H19N3OS. The van der Waals surface area contributed by atoms with Crippen molar-refractivity contribution in [3.05, 3.63) is 30.1 Å². The van der Waals surface area contributed by atoms with E-state index >= 15 is 0 Å². The average molecular weight is 253 g/mol. The Morgan fingerprint density at radius 1 is 1.41 bits per heavy atom. The zero-order valence-corrected chi connectivity index (χ0v) is 10.9. The molecule has 0 bridgehead atoms. The van der Waals surface area contributed by atoms with Crippen LogP contribution in [0.2, 0.25) is 0 Å². The van der Waals surface area contributed by atoms with E-state index < -0.39 is 0 Å². The van der Waals surface area contributed by atoms with Crippen LogP contribution in [0.15, 0.2) is 24.5 Å². The molecule has 0 aliphatic rings.